The SMILES string of the molecule is CCOC(=O)c1ccc(N2C(=O)C(=O)/C(=C(\O)c3ccc(OCC(C)C)c(C)c3)C2c2ccc(OC)cc2)cc1. The number of amides is 1. The van der Waals surface area contributed by atoms with Crippen LogP contribution in [0.5, 0.6) is 11.5 Å². The number of ether oxygens (including phenoxy) is 3. The highest BCUT2D eigenvalue weighted by Gasteiger charge is 2.47. The summed E-state index contributed by atoms with van der Waals surface area (Å²) in [5.74, 6) is -0.752. The lowest BCUT2D eigenvalue weighted by Crippen LogP contribution is -2.29. The summed E-state index contributed by atoms with van der Waals surface area (Å²) in [6, 6.07) is 17.4. The number of rotatable bonds is 9. The molecule has 1 aliphatic heterocycles. The molecular weight excluding hydrogens is 510 g/mol. The van der Waals surface area contributed by atoms with Gasteiger partial charge in [-0.2, -0.15) is 0 Å². The van der Waals surface area contributed by atoms with E-state index in [1.165, 1.54) is 17.0 Å². The van der Waals surface area contributed by atoms with Gasteiger partial charge in [0.25, 0.3) is 11.7 Å². The number of aliphatic hydroxyl groups excluding tert-OH is 1. The van der Waals surface area contributed by atoms with E-state index in [1.807, 2.05) is 6.92 Å². The fraction of sp³-hybridized carbons (Fsp3) is 0.281. The number of carbonyl (C=O) groups is 3. The molecule has 40 heavy (non-hydrogen) atoms. The van der Waals surface area contributed by atoms with Gasteiger partial charge in [-0.3, -0.25) is 14.5 Å². The van der Waals surface area contributed by atoms with Gasteiger partial charge in [-0.15, -0.1) is 0 Å². The van der Waals surface area contributed by atoms with Crippen LogP contribution in [0.15, 0.2) is 72.3 Å². The first-order valence-corrected chi connectivity index (χ1v) is 13.1. The maximum absolute atomic E-state index is 13.5. The summed E-state index contributed by atoms with van der Waals surface area (Å²) < 4.78 is 16.2. The Morgan fingerprint density at radius 3 is 2.20 bits per heavy atom. The topological polar surface area (TPSA) is 102 Å². The molecular formula is C32H33NO7. The molecule has 0 aromatic heterocycles. The zero-order chi connectivity index (χ0) is 29.0. The van der Waals surface area contributed by atoms with Crippen molar-refractivity contribution in [2.24, 2.45) is 5.92 Å². The maximum Gasteiger partial charge on any atom is 0.338 e. The average molecular weight is 544 g/mol. The van der Waals surface area contributed by atoms with Crippen LogP contribution in [-0.4, -0.2) is 43.1 Å². The van der Waals surface area contributed by atoms with Crippen LogP contribution in [0, 0.1) is 12.8 Å². The number of nitrogens with zero attached hydrogens (tertiary/aromatic N) is 1. The third kappa shape index (κ3) is 5.71. The fourth-order valence-corrected chi connectivity index (χ4v) is 4.54. The van der Waals surface area contributed by atoms with Crippen LogP contribution in [0.4, 0.5) is 5.69 Å². The highest BCUT2D eigenvalue weighted by Crippen LogP contribution is 2.43. The normalized spacial score (nSPS) is 16.4. The summed E-state index contributed by atoms with van der Waals surface area (Å²) in [5, 5.41) is 11.5. The lowest BCUT2D eigenvalue weighted by molar-refractivity contribution is -0.132. The highest BCUT2D eigenvalue weighted by atomic mass is 16.5. The van der Waals surface area contributed by atoms with E-state index < -0.39 is 23.7 Å². The Bertz CT molecular complexity index is 1440. The van der Waals surface area contributed by atoms with Crippen molar-refractivity contribution in [1.82, 2.24) is 0 Å². The van der Waals surface area contributed by atoms with E-state index in [2.05, 4.69) is 13.8 Å². The number of hydrogen-bond donors (Lipinski definition) is 1. The Morgan fingerprint density at radius 2 is 1.62 bits per heavy atom. The minimum atomic E-state index is -0.920. The molecule has 208 valence electrons. The molecule has 0 radical (unpaired) electrons. The molecule has 1 unspecified atom stereocenters. The van der Waals surface area contributed by atoms with E-state index in [0.717, 1.165) is 5.56 Å². The lowest BCUT2D eigenvalue weighted by Gasteiger charge is -2.25. The van der Waals surface area contributed by atoms with Crippen LogP contribution >= 0.6 is 0 Å². The molecule has 0 saturated carbocycles. The number of carbonyl (C=O) groups excluding carboxylic acids is 3. The molecule has 3 aromatic rings. The van der Waals surface area contributed by atoms with E-state index in [1.54, 1.807) is 68.6 Å². The Kier molecular flexibility index (Phi) is 8.58. The summed E-state index contributed by atoms with van der Waals surface area (Å²) in [5.41, 5.74) is 2.45. The Morgan fingerprint density at radius 1 is 0.975 bits per heavy atom. The van der Waals surface area contributed by atoms with Crippen molar-refractivity contribution >= 4 is 29.1 Å². The molecule has 1 heterocycles. The second-order valence-corrected chi connectivity index (χ2v) is 9.89. The molecule has 4 rings (SSSR count). The predicted molar refractivity (Wildman–Crippen MR) is 152 cm³/mol. The third-order valence-corrected chi connectivity index (χ3v) is 6.55. The molecule has 0 bridgehead atoms. The monoisotopic (exact) mass is 543 g/mol. The van der Waals surface area contributed by atoms with E-state index in [0.29, 0.717) is 46.4 Å². The van der Waals surface area contributed by atoms with Gasteiger partial charge in [0.05, 0.1) is 37.5 Å². The van der Waals surface area contributed by atoms with Gasteiger partial charge in [-0.25, -0.2) is 4.79 Å². The minimum absolute atomic E-state index is 0.0418. The van der Waals surface area contributed by atoms with Crippen molar-refractivity contribution in [2.75, 3.05) is 25.2 Å². The predicted octanol–water partition coefficient (Wildman–Crippen LogP) is 5.84. The van der Waals surface area contributed by atoms with Gasteiger partial charge in [0, 0.05) is 11.3 Å². The van der Waals surface area contributed by atoms with Crippen molar-refractivity contribution in [2.45, 2.75) is 33.7 Å². The molecule has 1 saturated heterocycles. The van der Waals surface area contributed by atoms with Crippen LogP contribution < -0.4 is 14.4 Å². The van der Waals surface area contributed by atoms with Crippen molar-refractivity contribution in [3.63, 3.8) is 0 Å². The third-order valence-electron chi connectivity index (χ3n) is 6.55. The van der Waals surface area contributed by atoms with Crippen molar-refractivity contribution in [3.8, 4) is 11.5 Å². The number of aryl methyl sites for hydroxylation is 1. The Hall–Kier alpha value is -4.59. The first kappa shape index (κ1) is 28.4. The van der Waals surface area contributed by atoms with Crippen molar-refractivity contribution < 1.29 is 33.7 Å². The number of hydrogen-bond acceptors (Lipinski definition) is 7. The van der Waals surface area contributed by atoms with Crippen LogP contribution in [0.2, 0.25) is 0 Å². The average Bonchev–Trinajstić information content (AvgIpc) is 3.22. The Labute approximate surface area is 233 Å². The summed E-state index contributed by atoms with van der Waals surface area (Å²) in [7, 11) is 1.54. The number of benzene rings is 3. The summed E-state index contributed by atoms with van der Waals surface area (Å²) >= 11 is 0. The molecule has 8 nitrogen and oxygen atoms in total. The smallest absolute Gasteiger partial charge is 0.338 e. The van der Waals surface area contributed by atoms with Crippen LogP contribution in [0.3, 0.4) is 0 Å². The number of methoxy groups -OCH3 is 1. The number of esters is 1. The highest BCUT2D eigenvalue weighted by molar-refractivity contribution is 6.51. The molecule has 3 aromatic carbocycles. The zero-order valence-corrected chi connectivity index (χ0v) is 23.3. The van der Waals surface area contributed by atoms with Crippen LogP contribution in [-0.2, 0) is 14.3 Å². The summed E-state index contributed by atoms with van der Waals surface area (Å²) in [6.07, 6.45) is 0. The van der Waals surface area contributed by atoms with Gasteiger partial charge >= 0.3 is 5.97 Å². The van der Waals surface area contributed by atoms with Gasteiger partial charge in [0.1, 0.15) is 17.3 Å². The molecule has 1 N–H and O–H groups in total. The summed E-state index contributed by atoms with van der Waals surface area (Å²) in [6.45, 7) is 8.46. The van der Waals surface area contributed by atoms with Gasteiger partial charge in [0.15, 0.2) is 0 Å². The first-order chi connectivity index (χ1) is 19.2. The lowest BCUT2D eigenvalue weighted by atomic mass is 9.94. The standard InChI is InChI=1S/C32H33NO7/c1-6-39-32(37)22-7-12-24(13-8-22)33-28(21-9-14-25(38-5)15-10-21)27(30(35)31(33)36)29(34)23-11-16-26(20(4)17-23)40-18-19(2)3/h7-17,19,28,34H,6,18H2,1-5H3/b29-27-. The Balaban J connectivity index is 1.81. The zero-order valence-electron chi connectivity index (χ0n) is 23.3. The second kappa shape index (κ2) is 12.1. The van der Waals surface area contributed by atoms with Gasteiger partial charge < -0.3 is 19.3 Å². The summed E-state index contributed by atoms with van der Waals surface area (Å²) in [4.78, 5) is 40.4. The van der Waals surface area contributed by atoms with Gasteiger partial charge in [-0.1, -0.05) is 26.0 Å². The number of aliphatic hydroxyl groups is 1. The van der Waals surface area contributed by atoms with E-state index in [4.69, 9.17) is 14.2 Å². The van der Waals surface area contributed by atoms with Crippen molar-refractivity contribution in [1.29, 1.82) is 0 Å². The van der Waals surface area contributed by atoms with E-state index >= 15 is 0 Å². The van der Waals surface area contributed by atoms with E-state index in [9.17, 15) is 19.5 Å². The molecule has 1 amide bonds. The quantitative estimate of drug-likeness (QED) is 0.157. The molecule has 1 aliphatic rings. The molecule has 1 atom stereocenters. The first-order valence-electron chi connectivity index (χ1n) is 13.1. The molecule has 0 aliphatic carbocycles. The molecule has 0 spiro atoms. The molecule has 1 fully saturated rings. The second-order valence-electron chi connectivity index (χ2n) is 9.89. The van der Waals surface area contributed by atoms with Gasteiger partial charge in [-0.05, 0) is 85.5 Å². The maximum atomic E-state index is 13.5. The van der Waals surface area contributed by atoms with Gasteiger partial charge in [0.2, 0.25) is 0 Å². The largest absolute Gasteiger partial charge is 0.507 e. The fourth-order valence-electron chi connectivity index (χ4n) is 4.54. The van der Waals surface area contributed by atoms with Crippen LogP contribution in [0.25, 0.3) is 5.76 Å². The number of ketones is 1. The minimum Gasteiger partial charge on any atom is -0.507 e. The number of Topliss-reactive ketones (excluding diaryl/α,β-unsaturated/α-hetero) is 1. The number of anilines is 1. The molecule has 8 heteroatoms. The van der Waals surface area contributed by atoms with E-state index in [-0.39, 0.29) is 17.9 Å². The van der Waals surface area contributed by atoms with Crippen molar-refractivity contribution in [3.05, 3.63) is 94.6 Å². The van der Waals surface area contributed by atoms with Crippen LogP contribution in [0.1, 0.15) is 53.9 Å².